The Bertz CT molecular complexity index is 509. The Hall–Kier alpha value is -2.23. The Morgan fingerprint density at radius 1 is 1.18 bits per heavy atom. The molecule has 0 unspecified atom stereocenters. The van der Waals surface area contributed by atoms with Crippen LogP contribution in [-0.2, 0) is 0 Å². The van der Waals surface area contributed by atoms with E-state index in [2.05, 4.69) is 4.98 Å². The predicted octanol–water partition coefficient (Wildman–Crippen LogP) is 2.77. The molecule has 0 fully saturated rings. The highest BCUT2D eigenvalue weighted by molar-refractivity contribution is 5.43. The number of ether oxygens (including phenoxy) is 2. The predicted molar refractivity (Wildman–Crippen MR) is 66.5 cm³/mol. The molecule has 0 aliphatic rings. The number of methoxy groups -OCH3 is 1. The monoisotopic (exact) mass is 230 g/mol. The van der Waals surface area contributed by atoms with Crippen molar-refractivity contribution in [2.75, 3.05) is 12.8 Å². The molecule has 0 spiro atoms. The summed E-state index contributed by atoms with van der Waals surface area (Å²) in [5, 5.41) is 0. The third-order valence-electron chi connectivity index (χ3n) is 2.37. The molecule has 1 aromatic carbocycles. The van der Waals surface area contributed by atoms with Crippen LogP contribution in [0, 0.1) is 6.92 Å². The van der Waals surface area contributed by atoms with Gasteiger partial charge in [0, 0.05) is 12.1 Å². The number of rotatable bonds is 3. The quantitative estimate of drug-likeness (QED) is 0.880. The molecule has 0 saturated carbocycles. The van der Waals surface area contributed by atoms with Crippen LogP contribution in [0.1, 0.15) is 5.56 Å². The fourth-order valence-corrected chi connectivity index (χ4v) is 1.38. The summed E-state index contributed by atoms with van der Waals surface area (Å²) in [6, 6.07) is 9.13. The SMILES string of the molecule is COc1ccc(C)c(Oc2ccc(N)cn2)c1. The number of aromatic nitrogens is 1. The van der Waals surface area contributed by atoms with Crippen LogP contribution in [0.5, 0.6) is 17.4 Å². The zero-order valence-electron chi connectivity index (χ0n) is 9.81. The summed E-state index contributed by atoms with van der Waals surface area (Å²) in [6.45, 7) is 1.96. The lowest BCUT2D eigenvalue weighted by molar-refractivity contribution is 0.406. The molecular weight excluding hydrogens is 216 g/mol. The summed E-state index contributed by atoms with van der Waals surface area (Å²) < 4.78 is 10.8. The summed E-state index contributed by atoms with van der Waals surface area (Å²) in [5.41, 5.74) is 7.19. The highest BCUT2D eigenvalue weighted by Gasteiger charge is 2.04. The first-order valence-corrected chi connectivity index (χ1v) is 5.23. The van der Waals surface area contributed by atoms with E-state index in [1.807, 2.05) is 25.1 Å². The van der Waals surface area contributed by atoms with Crippen LogP contribution < -0.4 is 15.2 Å². The second kappa shape index (κ2) is 4.74. The van der Waals surface area contributed by atoms with Crippen molar-refractivity contribution in [1.29, 1.82) is 0 Å². The number of hydrogen-bond donors (Lipinski definition) is 1. The van der Waals surface area contributed by atoms with E-state index >= 15 is 0 Å². The zero-order valence-corrected chi connectivity index (χ0v) is 9.81. The minimum Gasteiger partial charge on any atom is -0.497 e. The molecule has 4 nitrogen and oxygen atoms in total. The van der Waals surface area contributed by atoms with Gasteiger partial charge in [0.2, 0.25) is 5.88 Å². The van der Waals surface area contributed by atoms with Gasteiger partial charge in [-0.05, 0) is 24.6 Å². The Morgan fingerprint density at radius 2 is 2.00 bits per heavy atom. The average molecular weight is 230 g/mol. The second-order valence-corrected chi connectivity index (χ2v) is 3.66. The molecule has 2 aromatic rings. The molecule has 1 heterocycles. The van der Waals surface area contributed by atoms with Crippen molar-refractivity contribution in [3.05, 3.63) is 42.1 Å². The van der Waals surface area contributed by atoms with E-state index in [9.17, 15) is 0 Å². The molecule has 1 aromatic heterocycles. The van der Waals surface area contributed by atoms with Crippen molar-refractivity contribution in [2.45, 2.75) is 6.92 Å². The largest absolute Gasteiger partial charge is 0.497 e. The van der Waals surface area contributed by atoms with Gasteiger partial charge in [-0.15, -0.1) is 0 Å². The smallest absolute Gasteiger partial charge is 0.219 e. The van der Waals surface area contributed by atoms with Crippen LogP contribution >= 0.6 is 0 Å². The van der Waals surface area contributed by atoms with Crippen molar-refractivity contribution in [3.63, 3.8) is 0 Å². The van der Waals surface area contributed by atoms with E-state index in [0.29, 0.717) is 11.6 Å². The maximum atomic E-state index is 5.66. The molecule has 0 atom stereocenters. The molecule has 2 rings (SSSR count). The van der Waals surface area contributed by atoms with Gasteiger partial charge in [0.1, 0.15) is 11.5 Å². The summed E-state index contributed by atoms with van der Waals surface area (Å²) in [6.07, 6.45) is 1.56. The summed E-state index contributed by atoms with van der Waals surface area (Å²) in [4.78, 5) is 4.08. The molecule has 0 aliphatic carbocycles. The molecule has 0 saturated heterocycles. The number of hydrogen-bond acceptors (Lipinski definition) is 4. The van der Waals surface area contributed by atoms with E-state index in [-0.39, 0.29) is 0 Å². The van der Waals surface area contributed by atoms with Gasteiger partial charge < -0.3 is 15.2 Å². The Morgan fingerprint density at radius 3 is 2.65 bits per heavy atom. The summed E-state index contributed by atoms with van der Waals surface area (Å²) in [7, 11) is 1.62. The minimum absolute atomic E-state index is 0.510. The maximum Gasteiger partial charge on any atom is 0.219 e. The van der Waals surface area contributed by atoms with E-state index in [4.69, 9.17) is 15.2 Å². The first-order chi connectivity index (χ1) is 8.19. The molecule has 17 heavy (non-hydrogen) atoms. The fourth-order valence-electron chi connectivity index (χ4n) is 1.38. The lowest BCUT2D eigenvalue weighted by Crippen LogP contribution is -1.93. The van der Waals surface area contributed by atoms with Crippen LogP contribution in [0.2, 0.25) is 0 Å². The van der Waals surface area contributed by atoms with Gasteiger partial charge in [-0.2, -0.15) is 0 Å². The van der Waals surface area contributed by atoms with Gasteiger partial charge in [-0.25, -0.2) is 4.98 Å². The maximum absolute atomic E-state index is 5.66. The second-order valence-electron chi connectivity index (χ2n) is 3.66. The minimum atomic E-state index is 0.510. The van der Waals surface area contributed by atoms with Gasteiger partial charge in [0.25, 0.3) is 0 Å². The number of anilines is 1. The number of benzene rings is 1. The van der Waals surface area contributed by atoms with Crippen molar-refractivity contribution in [1.82, 2.24) is 4.98 Å². The van der Waals surface area contributed by atoms with Gasteiger partial charge in [0.05, 0.1) is 19.0 Å². The van der Waals surface area contributed by atoms with E-state index in [0.717, 1.165) is 17.1 Å². The molecule has 0 aliphatic heterocycles. The van der Waals surface area contributed by atoms with Gasteiger partial charge in [-0.1, -0.05) is 6.07 Å². The van der Waals surface area contributed by atoms with Gasteiger partial charge >= 0.3 is 0 Å². The molecule has 0 amide bonds. The van der Waals surface area contributed by atoms with E-state index in [1.54, 1.807) is 25.4 Å². The molecule has 2 N–H and O–H groups in total. The van der Waals surface area contributed by atoms with E-state index in [1.165, 1.54) is 0 Å². The Labute approximate surface area is 100 Å². The first kappa shape index (κ1) is 11.3. The van der Waals surface area contributed by atoms with Crippen LogP contribution in [0.25, 0.3) is 0 Å². The first-order valence-electron chi connectivity index (χ1n) is 5.23. The molecule has 4 heteroatoms. The number of aryl methyl sites for hydroxylation is 1. The summed E-state index contributed by atoms with van der Waals surface area (Å²) >= 11 is 0. The van der Waals surface area contributed by atoms with Crippen LogP contribution in [0.3, 0.4) is 0 Å². The van der Waals surface area contributed by atoms with Gasteiger partial charge in [0.15, 0.2) is 0 Å². The normalized spacial score (nSPS) is 10.0. The molecule has 88 valence electrons. The lowest BCUT2D eigenvalue weighted by Gasteiger charge is -2.09. The number of nitrogen functional groups attached to an aromatic ring is 1. The number of nitrogens with zero attached hydrogens (tertiary/aromatic N) is 1. The van der Waals surface area contributed by atoms with Crippen LogP contribution in [-0.4, -0.2) is 12.1 Å². The third kappa shape index (κ3) is 2.66. The summed E-state index contributed by atoms with van der Waals surface area (Å²) in [5.74, 6) is 1.98. The van der Waals surface area contributed by atoms with Crippen LogP contribution in [0.15, 0.2) is 36.5 Å². The topological polar surface area (TPSA) is 57.4 Å². The molecular formula is C13H14N2O2. The third-order valence-corrected chi connectivity index (χ3v) is 2.37. The zero-order chi connectivity index (χ0) is 12.3. The average Bonchev–Trinajstić information content (AvgIpc) is 2.35. The standard InChI is InChI=1S/C13H14N2O2/c1-9-3-5-11(16-2)7-12(9)17-13-6-4-10(14)8-15-13/h3-8H,14H2,1-2H3. The Balaban J connectivity index is 2.25. The number of nitrogens with two attached hydrogens (primary N) is 1. The highest BCUT2D eigenvalue weighted by Crippen LogP contribution is 2.27. The van der Waals surface area contributed by atoms with Crippen molar-refractivity contribution in [3.8, 4) is 17.4 Å². The van der Waals surface area contributed by atoms with Crippen LogP contribution in [0.4, 0.5) is 5.69 Å². The fraction of sp³-hybridized carbons (Fsp3) is 0.154. The van der Waals surface area contributed by atoms with Crippen molar-refractivity contribution in [2.24, 2.45) is 0 Å². The molecule has 0 radical (unpaired) electrons. The molecule has 0 bridgehead atoms. The van der Waals surface area contributed by atoms with Crippen molar-refractivity contribution >= 4 is 5.69 Å². The van der Waals surface area contributed by atoms with Crippen molar-refractivity contribution < 1.29 is 9.47 Å². The number of pyridine rings is 1. The lowest BCUT2D eigenvalue weighted by atomic mass is 10.2. The highest BCUT2D eigenvalue weighted by atomic mass is 16.5. The van der Waals surface area contributed by atoms with E-state index < -0.39 is 0 Å². The Kier molecular flexibility index (Phi) is 3.14. The van der Waals surface area contributed by atoms with Gasteiger partial charge in [-0.3, -0.25) is 0 Å².